The molecule has 2 rings (SSSR count). The van der Waals surface area contributed by atoms with Gasteiger partial charge in [-0.25, -0.2) is 0 Å². The molecule has 3 nitrogen and oxygen atoms in total. The molecule has 18 heavy (non-hydrogen) atoms. The number of carbonyl (C=O) groups excluding carboxylic acids is 1. The fourth-order valence-corrected chi connectivity index (χ4v) is 1.98. The molecule has 0 aliphatic rings. The van der Waals surface area contributed by atoms with E-state index in [4.69, 9.17) is 4.42 Å². The first-order valence-electron chi connectivity index (χ1n) is 5.64. The van der Waals surface area contributed by atoms with E-state index in [9.17, 15) is 4.79 Å². The third kappa shape index (κ3) is 2.76. The summed E-state index contributed by atoms with van der Waals surface area (Å²) >= 11 is 4.27. The monoisotopic (exact) mass is 261 g/mol. The highest BCUT2D eigenvalue weighted by Crippen LogP contribution is 2.16. The summed E-state index contributed by atoms with van der Waals surface area (Å²) in [6.45, 7) is 2.46. The minimum absolute atomic E-state index is 0.00963. The third-order valence-electron chi connectivity index (χ3n) is 2.80. The van der Waals surface area contributed by atoms with Crippen LogP contribution in [0.25, 0.3) is 0 Å². The van der Waals surface area contributed by atoms with Crippen LogP contribution in [0.1, 0.15) is 21.5 Å². The van der Waals surface area contributed by atoms with Gasteiger partial charge >= 0.3 is 0 Å². The van der Waals surface area contributed by atoms with Crippen molar-refractivity contribution in [2.24, 2.45) is 0 Å². The summed E-state index contributed by atoms with van der Waals surface area (Å²) in [6.07, 6.45) is 3.25. The van der Waals surface area contributed by atoms with Crippen molar-refractivity contribution in [1.29, 1.82) is 0 Å². The van der Waals surface area contributed by atoms with Gasteiger partial charge in [-0.05, 0) is 30.7 Å². The maximum atomic E-state index is 12.3. The van der Waals surface area contributed by atoms with Gasteiger partial charge in [-0.1, -0.05) is 6.07 Å². The van der Waals surface area contributed by atoms with Gasteiger partial charge in [0, 0.05) is 29.6 Å². The van der Waals surface area contributed by atoms with E-state index in [1.54, 1.807) is 30.5 Å². The lowest BCUT2D eigenvalue weighted by atomic mass is 10.1. The van der Waals surface area contributed by atoms with Crippen LogP contribution >= 0.6 is 12.6 Å². The lowest BCUT2D eigenvalue weighted by Crippen LogP contribution is -2.26. The van der Waals surface area contributed by atoms with Gasteiger partial charge in [0.15, 0.2) is 0 Å². The van der Waals surface area contributed by atoms with Crippen molar-refractivity contribution in [3.05, 3.63) is 53.5 Å². The predicted octanol–water partition coefficient (Wildman–Crippen LogP) is 3.15. The molecular formula is C14H15NO2S. The second kappa shape index (κ2) is 5.31. The minimum Gasteiger partial charge on any atom is -0.472 e. The number of hydrogen-bond donors (Lipinski definition) is 1. The van der Waals surface area contributed by atoms with Gasteiger partial charge in [-0.2, -0.15) is 0 Å². The molecule has 0 radical (unpaired) electrons. The van der Waals surface area contributed by atoms with Crippen molar-refractivity contribution < 1.29 is 9.21 Å². The van der Waals surface area contributed by atoms with Gasteiger partial charge in [0.25, 0.3) is 5.91 Å². The number of amides is 1. The summed E-state index contributed by atoms with van der Waals surface area (Å²) in [5.41, 5.74) is 2.62. The standard InChI is InChI=1S/C14H15NO2S/c1-10-3-4-12(18)7-13(10)14(16)15(2)8-11-5-6-17-9-11/h3-7,9,18H,8H2,1-2H3. The summed E-state index contributed by atoms with van der Waals surface area (Å²) in [7, 11) is 1.78. The van der Waals surface area contributed by atoms with Crippen LogP contribution in [0.4, 0.5) is 0 Å². The van der Waals surface area contributed by atoms with Crippen molar-refractivity contribution in [3.63, 3.8) is 0 Å². The molecule has 1 aromatic carbocycles. The highest BCUT2D eigenvalue weighted by atomic mass is 32.1. The molecule has 0 spiro atoms. The second-order valence-electron chi connectivity index (χ2n) is 4.29. The van der Waals surface area contributed by atoms with Gasteiger partial charge in [0.1, 0.15) is 0 Å². The number of benzene rings is 1. The number of furan rings is 1. The van der Waals surface area contributed by atoms with Crippen LogP contribution in [0.5, 0.6) is 0 Å². The Morgan fingerprint density at radius 3 is 2.83 bits per heavy atom. The molecule has 4 heteroatoms. The van der Waals surface area contributed by atoms with E-state index >= 15 is 0 Å². The molecule has 94 valence electrons. The van der Waals surface area contributed by atoms with E-state index in [0.717, 1.165) is 16.0 Å². The summed E-state index contributed by atoms with van der Waals surface area (Å²) < 4.78 is 4.99. The summed E-state index contributed by atoms with van der Waals surface area (Å²) in [4.78, 5) is 14.8. The molecule has 0 aliphatic heterocycles. The molecule has 1 aromatic heterocycles. The number of rotatable bonds is 3. The number of carbonyl (C=O) groups is 1. The molecule has 0 atom stereocenters. The van der Waals surface area contributed by atoms with E-state index in [1.165, 1.54) is 0 Å². The van der Waals surface area contributed by atoms with E-state index in [0.29, 0.717) is 12.1 Å². The normalized spacial score (nSPS) is 10.4. The third-order valence-corrected chi connectivity index (χ3v) is 3.08. The summed E-state index contributed by atoms with van der Waals surface area (Å²) in [5, 5.41) is 0. The average molecular weight is 261 g/mol. The lowest BCUT2D eigenvalue weighted by Gasteiger charge is -2.17. The van der Waals surface area contributed by atoms with Crippen molar-refractivity contribution in [2.45, 2.75) is 18.4 Å². The van der Waals surface area contributed by atoms with Crippen LogP contribution in [0.2, 0.25) is 0 Å². The van der Waals surface area contributed by atoms with Crippen LogP contribution < -0.4 is 0 Å². The van der Waals surface area contributed by atoms with Crippen molar-refractivity contribution >= 4 is 18.5 Å². The molecule has 0 fully saturated rings. The first-order chi connectivity index (χ1) is 8.58. The summed E-state index contributed by atoms with van der Waals surface area (Å²) in [6, 6.07) is 7.44. The molecule has 0 bridgehead atoms. The Labute approximate surface area is 112 Å². The van der Waals surface area contributed by atoms with Gasteiger partial charge in [-0.15, -0.1) is 12.6 Å². The molecule has 1 amide bonds. The van der Waals surface area contributed by atoms with Crippen molar-refractivity contribution in [3.8, 4) is 0 Å². The Kier molecular flexibility index (Phi) is 3.77. The Bertz CT molecular complexity index is 549. The predicted molar refractivity (Wildman–Crippen MR) is 72.9 cm³/mol. The molecule has 0 saturated heterocycles. The molecule has 2 aromatic rings. The van der Waals surface area contributed by atoms with Crippen LogP contribution in [0.3, 0.4) is 0 Å². The van der Waals surface area contributed by atoms with Crippen LogP contribution in [0, 0.1) is 6.92 Å². The Morgan fingerprint density at radius 2 is 2.17 bits per heavy atom. The zero-order valence-corrected chi connectivity index (χ0v) is 11.3. The van der Waals surface area contributed by atoms with Crippen LogP contribution in [-0.4, -0.2) is 17.9 Å². The van der Waals surface area contributed by atoms with Gasteiger partial charge in [0.05, 0.1) is 12.5 Å². The first kappa shape index (κ1) is 12.8. The fraction of sp³-hybridized carbons (Fsp3) is 0.214. The van der Waals surface area contributed by atoms with Gasteiger partial charge in [0.2, 0.25) is 0 Å². The SMILES string of the molecule is Cc1ccc(S)cc1C(=O)N(C)Cc1ccoc1. The molecule has 0 aliphatic carbocycles. The molecule has 0 N–H and O–H groups in total. The van der Waals surface area contributed by atoms with E-state index in [1.807, 2.05) is 25.1 Å². The number of hydrogen-bond acceptors (Lipinski definition) is 3. The Hall–Kier alpha value is -1.68. The quantitative estimate of drug-likeness (QED) is 0.861. The largest absolute Gasteiger partial charge is 0.472 e. The number of nitrogens with zero attached hydrogens (tertiary/aromatic N) is 1. The zero-order chi connectivity index (χ0) is 13.1. The van der Waals surface area contributed by atoms with Gasteiger partial charge < -0.3 is 9.32 Å². The maximum absolute atomic E-state index is 12.3. The van der Waals surface area contributed by atoms with Gasteiger partial charge in [-0.3, -0.25) is 4.79 Å². The minimum atomic E-state index is -0.00963. The first-order valence-corrected chi connectivity index (χ1v) is 6.09. The Morgan fingerprint density at radius 1 is 1.39 bits per heavy atom. The van der Waals surface area contributed by atoms with Crippen LogP contribution in [0.15, 0.2) is 46.1 Å². The number of aryl methyl sites for hydroxylation is 1. The van der Waals surface area contributed by atoms with E-state index < -0.39 is 0 Å². The van der Waals surface area contributed by atoms with E-state index in [2.05, 4.69) is 12.6 Å². The smallest absolute Gasteiger partial charge is 0.254 e. The zero-order valence-electron chi connectivity index (χ0n) is 10.4. The molecule has 0 saturated carbocycles. The second-order valence-corrected chi connectivity index (χ2v) is 4.81. The lowest BCUT2D eigenvalue weighted by molar-refractivity contribution is 0.0784. The van der Waals surface area contributed by atoms with Crippen LogP contribution in [-0.2, 0) is 6.54 Å². The van der Waals surface area contributed by atoms with Crippen molar-refractivity contribution in [1.82, 2.24) is 4.90 Å². The molecular weight excluding hydrogens is 246 g/mol. The highest BCUT2D eigenvalue weighted by Gasteiger charge is 2.14. The fourth-order valence-electron chi connectivity index (χ4n) is 1.77. The Balaban J connectivity index is 2.17. The molecule has 1 heterocycles. The highest BCUT2D eigenvalue weighted by molar-refractivity contribution is 7.80. The maximum Gasteiger partial charge on any atom is 0.254 e. The number of thiol groups is 1. The van der Waals surface area contributed by atoms with Crippen molar-refractivity contribution in [2.75, 3.05) is 7.05 Å². The summed E-state index contributed by atoms with van der Waals surface area (Å²) in [5.74, 6) is -0.00963. The average Bonchev–Trinajstić information content (AvgIpc) is 2.84. The topological polar surface area (TPSA) is 33.5 Å². The molecule has 0 unspecified atom stereocenters. The van der Waals surface area contributed by atoms with E-state index in [-0.39, 0.29) is 5.91 Å².